The van der Waals surface area contributed by atoms with Crippen LogP contribution in [-0.4, -0.2) is 41.7 Å². The number of hydrogen-bond donors (Lipinski definition) is 2. The quantitative estimate of drug-likeness (QED) is 0.582. The van der Waals surface area contributed by atoms with E-state index in [9.17, 15) is 14.7 Å². The Morgan fingerprint density at radius 3 is 2.70 bits per heavy atom. The van der Waals surface area contributed by atoms with Gasteiger partial charge in [-0.1, -0.05) is 49.4 Å². The molecule has 2 aromatic rings. The summed E-state index contributed by atoms with van der Waals surface area (Å²) in [5.41, 5.74) is 5.69. The molecule has 1 aliphatic heterocycles. The van der Waals surface area contributed by atoms with Gasteiger partial charge in [-0.25, -0.2) is 9.59 Å². The van der Waals surface area contributed by atoms with Gasteiger partial charge in [0.25, 0.3) is 0 Å². The van der Waals surface area contributed by atoms with Gasteiger partial charge in [-0.3, -0.25) is 0 Å². The normalized spacial score (nSPS) is 21.9. The molecule has 33 heavy (non-hydrogen) atoms. The first-order chi connectivity index (χ1) is 16.0. The average molecular weight is 452 g/mol. The van der Waals surface area contributed by atoms with Crippen LogP contribution in [0.1, 0.15) is 49.3 Å². The van der Waals surface area contributed by atoms with Crippen molar-refractivity contribution < 1.29 is 28.9 Å². The molecule has 5 rings (SSSR count). The summed E-state index contributed by atoms with van der Waals surface area (Å²) in [6.07, 6.45) is 3.40. The molecule has 7 nitrogen and oxygen atoms in total. The minimum Gasteiger partial charge on any atom is -0.480 e. The molecule has 1 saturated carbocycles. The maximum Gasteiger partial charge on any atom is 0.408 e. The summed E-state index contributed by atoms with van der Waals surface area (Å²) >= 11 is 0. The van der Waals surface area contributed by atoms with Crippen molar-refractivity contribution in [3.63, 3.8) is 0 Å². The third-order valence-corrected chi connectivity index (χ3v) is 7.20. The van der Waals surface area contributed by atoms with E-state index in [1.165, 1.54) is 11.1 Å². The van der Waals surface area contributed by atoms with Crippen molar-refractivity contribution in [3.8, 4) is 11.1 Å². The highest BCUT2D eigenvalue weighted by molar-refractivity contribution is 5.80. The molecular weight excluding hydrogens is 422 g/mol. The molecule has 2 N–H and O–H groups in total. The molecule has 3 atom stereocenters. The van der Waals surface area contributed by atoms with E-state index in [-0.39, 0.29) is 12.7 Å². The van der Waals surface area contributed by atoms with Gasteiger partial charge in [-0.2, -0.15) is 0 Å². The molecule has 174 valence electrons. The van der Waals surface area contributed by atoms with Crippen LogP contribution in [0.3, 0.4) is 0 Å². The number of benzene rings is 2. The summed E-state index contributed by atoms with van der Waals surface area (Å²) < 4.78 is 17.5. The van der Waals surface area contributed by atoms with Gasteiger partial charge in [0.1, 0.15) is 12.6 Å². The van der Waals surface area contributed by atoms with Crippen LogP contribution < -0.4 is 5.32 Å². The van der Waals surface area contributed by atoms with E-state index in [4.69, 9.17) is 14.2 Å². The monoisotopic (exact) mass is 451 g/mol. The Morgan fingerprint density at radius 1 is 1.15 bits per heavy atom. The summed E-state index contributed by atoms with van der Waals surface area (Å²) in [5.74, 6) is -2.16. The lowest BCUT2D eigenvalue weighted by atomic mass is 9.96. The van der Waals surface area contributed by atoms with E-state index in [2.05, 4.69) is 23.5 Å². The zero-order valence-corrected chi connectivity index (χ0v) is 18.7. The summed E-state index contributed by atoms with van der Waals surface area (Å²) in [4.78, 5) is 24.5. The highest BCUT2D eigenvalue weighted by atomic mass is 16.7. The lowest BCUT2D eigenvalue weighted by Crippen LogP contribution is -2.49. The predicted molar refractivity (Wildman–Crippen MR) is 121 cm³/mol. The van der Waals surface area contributed by atoms with E-state index < -0.39 is 29.8 Å². The minimum absolute atomic E-state index is 0.0792. The first-order valence-corrected chi connectivity index (χ1v) is 11.6. The minimum atomic E-state index is -1.13. The number of fused-ring (bicyclic) bond motifs is 3. The molecule has 2 aliphatic carbocycles. The first-order valence-electron chi connectivity index (χ1n) is 11.6. The van der Waals surface area contributed by atoms with Gasteiger partial charge >= 0.3 is 12.1 Å². The maximum absolute atomic E-state index is 12.5. The van der Waals surface area contributed by atoms with E-state index in [1.54, 1.807) is 6.92 Å². The summed E-state index contributed by atoms with van der Waals surface area (Å²) in [5, 5.41) is 12.3. The standard InChI is InChI=1S/C26H29NO6/c1-16(22-15-32-26(33-22)11-4-5-12-26)23(24(28)29)27-25(30)31-14-18-8-6-10-20-19-9-3-2-7-17(19)13-21(18)20/h2-3,6-10,16,22-23H,4-5,11-15H2,1H3,(H,27,30)(H,28,29)/t16-,22-,23-/m0/s1. The first kappa shape index (κ1) is 21.9. The van der Waals surface area contributed by atoms with Crippen LogP contribution in [0.4, 0.5) is 4.79 Å². The molecule has 0 radical (unpaired) electrons. The smallest absolute Gasteiger partial charge is 0.408 e. The molecule has 1 heterocycles. The highest BCUT2D eigenvalue weighted by Crippen LogP contribution is 2.41. The van der Waals surface area contributed by atoms with E-state index >= 15 is 0 Å². The van der Waals surface area contributed by atoms with Crippen molar-refractivity contribution in [1.82, 2.24) is 5.32 Å². The van der Waals surface area contributed by atoms with Gasteiger partial charge in [0.2, 0.25) is 0 Å². The Balaban J connectivity index is 1.21. The Bertz CT molecular complexity index is 1060. The average Bonchev–Trinajstić information content (AvgIpc) is 3.55. The van der Waals surface area contributed by atoms with Gasteiger partial charge < -0.3 is 24.6 Å². The molecule has 0 unspecified atom stereocenters. The lowest BCUT2D eigenvalue weighted by Gasteiger charge is -2.27. The number of alkyl carbamates (subject to hydrolysis) is 1. The third-order valence-electron chi connectivity index (χ3n) is 7.20. The van der Waals surface area contributed by atoms with Gasteiger partial charge in [0.05, 0.1) is 12.7 Å². The number of carboxylic acid groups (broad SMARTS) is 1. The zero-order valence-electron chi connectivity index (χ0n) is 18.7. The van der Waals surface area contributed by atoms with Crippen LogP contribution >= 0.6 is 0 Å². The molecule has 2 aromatic carbocycles. The van der Waals surface area contributed by atoms with E-state index in [0.29, 0.717) is 6.61 Å². The number of ether oxygens (including phenoxy) is 3. The van der Waals surface area contributed by atoms with Crippen molar-refractivity contribution in [2.24, 2.45) is 5.92 Å². The van der Waals surface area contributed by atoms with Crippen molar-refractivity contribution in [2.75, 3.05) is 6.61 Å². The van der Waals surface area contributed by atoms with Gasteiger partial charge in [0.15, 0.2) is 5.79 Å². The molecule has 2 fully saturated rings. The SMILES string of the molecule is C[C@@H]([C@@H]1COC2(CCCC2)O1)[C@H](NC(=O)OCc1cccc2c1Cc1ccccc1-2)C(=O)O. The second-order valence-corrected chi connectivity index (χ2v) is 9.26. The number of carbonyl (C=O) groups excluding carboxylic acids is 1. The molecule has 1 spiro atoms. The molecule has 7 heteroatoms. The molecular formula is C26H29NO6. The molecule has 1 saturated heterocycles. The molecule has 1 amide bonds. The van der Waals surface area contributed by atoms with Crippen LogP contribution in [0.15, 0.2) is 42.5 Å². The Labute approximate surface area is 193 Å². The molecule has 3 aliphatic rings. The van der Waals surface area contributed by atoms with Crippen molar-refractivity contribution in [3.05, 3.63) is 59.2 Å². The Hall–Kier alpha value is -2.90. The van der Waals surface area contributed by atoms with Crippen molar-refractivity contribution >= 4 is 12.1 Å². The van der Waals surface area contributed by atoms with Crippen LogP contribution in [-0.2, 0) is 32.0 Å². The van der Waals surface area contributed by atoms with Crippen LogP contribution in [0.2, 0.25) is 0 Å². The van der Waals surface area contributed by atoms with Gasteiger partial charge in [0, 0.05) is 18.8 Å². The number of aliphatic carboxylic acids is 1. The molecule has 0 bridgehead atoms. The Kier molecular flexibility index (Phi) is 5.85. The highest BCUT2D eigenvalue weighted by Gasteiger charge is 2.47. The number of nitrogens with one attached hydrogen (secondary N) is 1. The number of carboxylic acids is 1. The lowest BCUT2D eigenvalue weighted by molar-refractivity contribution is -0.169. The fourth-order valence-electron chi connectivity index (χ4n) is 5.32. The fourth-order valence-corrected chi connectivity index (χ4v) is 5.32. The van der Waals surface area contributed by atoms with E-state index in [0.717, 1.165) is 48.8 Å². The van der Waals surface area contributed by atoms with Crippen LogP contribution in [0.5, 0.6) is 0 Å². The van der Waals surface area contributed by atoms with Crippen LogP contribution in [0, 0.1) is 5.92 Å². The van der Waals surface area contributed by atoms with Gasteiger partial charge in [-0.05, 0) is 47.1 Å². The summed E-state index contributed by atoms with van der Waals surface area (Å²) in [6.45, 7) is 2.18. The zero-order chi connectivity index (χ0) is 23.0. The second-order valence-electron chi connectivity index (χ2n) is 9.26. The van der Waals surface area contributed by atoms with E-state index in [1.807, 2.05) is 24.3 Å². The van der Waals surface area contributed by atoms with Crippen LogP contribution in [0.25, 0.3) is 11.1 Å². The maximum atomic E-state index is 12.5. The molecule has 0 aromatic heterocycles. The summed E-state index contributed by atoms with van der Waals surface area (Å²) in [6, 6.07) is 13.1. The van der Waals surface area contributed by atoms with Crippen molar-refractivity contribution in [2.45, 2.75) is 63.6 Å². The number of rotatable bonds is 6. The summed E-state index contributed by atoms with van der Waals surface area (Å²) in [7, 11) is 0. The second kappa shape index (κ2) is 8.80. The Morgan fingerprint density at radius 2 is 1.91 bits per heavy atom. The fraction of sp³-hybridized carbons (Fsp3) is 0.462. The third kappa shape index (κ3) is 4.23. The topological polar surface area (TPSA) is 94.1 Å². The largest absolute Gasteiger partial charge is 0.480 e. The van der Waals surface area contributed by atoms with Crippen molar-refractivity contribution in [1.29, 1.82) is 0 Å². The number of amides is 1. The number of carbonyl (C=O) groups is 2. The van der Waals surface area contributed by atoms with Gasteiger partial charge in [-0.15, -0.1) is 0 Å². The number of hydrogen-bond acceptors (Lipinski definition) is 5. The predicted octanol–water partition coefficient (Wildman–Crippen LogP) is 4.26.